The monoisotopic (exact) mass is 355 g/mol. The first kappa shape index (κ1) is 21.4. The van der Waals surface area contributed by atoms with Gasteiger partial charge in [-0.25, -0.2) is 4.79 Å². The van der Waals surface area contributed by atoms with Crippen LogP contribution in [0.1, 0.15) is 59.8 Å². The van der Waals surface area contributed by atoms with E-state index in [2.05, 4.69) is 10.6 Å². The van der Waals surface area contributed by atoms with Gasteiger partial charge in [0.1, 0.15) is 11.9 Å². The van der Waals surface area contributed by atoms with Crippen molar-refractivity contribution >= 4 is 18.8 Å². The van der Waals surface area contributed by atoms with E-state index in [4.69, 9.17) is 4.74 Å². The standard InChI is InChI=1S/C18H33N3O4/c1-13(20-17(24)25-18(2,3)4)6-7-14(19-5)10-15-8-9-16(11-22)21(15)12-23/h11-16,19H,6-10H2,1-5H3,(H,20,24). The van der Waals surface area contributed by atoms with E-state index in [1.165, 1.54) is 0 Å². The van der Waals surface area contributed by atoms with E-state index in [0.29, 0.717) is 0 Å². The van der Waals surface area contributed by atoms with E-state index < -0.39 is 11.7 Å². The number of hydrogen-bond donors (Lipinski definition) is 2. The van der Waals surface area contributed by atoms with E-state index >= 15 is 0 Å². The zero-order chi connectivity index (χ0) is 19.0. The lowest BCUT2D eigenvalue weighted by molar-refractivity contribution is -0.125. The number of alkyl carbamates (subject to hydrolysis) is 1. The Kier molecular flexibility index (Phi) is 8.35. The molecule has 1 aliphatic rings. The lowest BCUT2D eigenvalue weighted by Crippen LogP contribution is -2.41. The van der Waals surface area contributed by atoms with Crippen LogP contribution in [-0.4, -0.2) is 60.5 Å². The smallest absolute Gasteiger partial charge is 0.407 e. The van der Waals surface area contributed by atoms with E-state index in [-0.39, 0.29) is 24.2 Å². The molecule has 1 aliphatic heterocycles. The molecule has 0 bridgehead atoms. The van der Waals surface area contributed by atoms with Gasteiger partial charge in [-0.15, -0.1) is 0 Å². The van der Waals surface area contributed by atoms with Crippen molar-refractivity contribution in [3.8, 4) is 0 Å². The van der Waals surface area contributed by atoms with Crippen molar-refractivity contribution in [2.24, 2.45) is 0 Å². The summed E-state index contributed by atoms with van der Waals surface area (Å²) >= 11 is 0. The van der Waals surface area contributed by atoms with Gasteiger partial charge in [0.15, 0.2) is 0 Å². The Labute approximate surface area is 150 Å². The van der Waals surface area contributed by atoms with Crippen molar-refractivity contribution in [3.05, 3.63) is 0 Å². The number of amides is 2. The van der Waals surface area contributed by atoms with Gasteiger partial charge in [-0.2, -0.15) is 0 Å². The van der Waals surface area contributed by atoms with Crippen LogP contribution >= 0.6 is 0 Å². The fourth-order valence-corrected chi connectivity index (χ4v) is 3.21. The average molecular weight is 355 g/mol. The van der Waals surface area contributed by atoms with Gasteiger partial charge in [-0.05, 0) is 66.8 Å². The molecule has 0 aliphatic carbocycles. The van der Waals surface area contributed by atoms with Gasteiger partial charge in [0.2, 0.25) is 6.41 Å². The maximum Gasteiger partial charge on any atom is 0.407 e. The second-order valence-corrected chi connectivity index (χ2v) is 7.83. The highest BCUT2D eigenvalue weighted by Crippen LogP contribution is 2.25. The molecule has 0 radical (unpaired) electrons. The van der Waals surface area contributed by atoms with Crippen molar-refractivity contribution < 1.29 is 19.1 Å². The summed E-state index contributed by atoms with van der Waals surface area (Å²) in [6, 6.07) is 0.0342. The summed E-state index contributed by atoms with van der Waals surface area (Å²) in [4.78, 5) is 35.7. The molecule has 0 saturated carbocycles. The number of nitrogens with one attached hydrogen (secondary N) is 2. The predicted molar refractivity (Wildman–Crippen MR) is 96.3 cm³/mol. The summed E-state index contributed by atoms with van der Waals surface area (Å²) in [6.07, 6.45) is 5.30. The van der Waals surface area contributed by atoms with Crippen molar-refractivity contribution in [1.82, 2.24) is 15.5 Å². The number of rotatable bonds is 9. The molecule has 0 spiro atoms. The summed E-state index contributed by atoms with van der Waals surface area (Å²) in [7, 11) is 1.90. The highest BCUT2D eigenvalue weighted by atomic mass is 16.6. The number of aldehydes is 1. The number of nitrogens with zero attached hydrogens (tertiary/aromatic N) is 1. The largest absolute Gasteiger partial charge is 0.444 e. The first-order valence-corrected chi connectivity index (χ1v) is 9.05. The highest BCUT2D eigenvalue weighted by molar-refractivity contribution is 5.68. The minimum Gasteiger partial charge on any atom is -0.444 e. The Hall–Kier alpha value is -1.63. The van der Waals surface area contributed by atoms with Crippen LogP contribution in [0.4, 0.5) is 4.79 Å². The van der Waals surface area contributed by atoms with Crippen LogP contribution in [0.5, 0.6) is 0 Å². The molecule has 4 unspecified atom stereocenters. The molecule has 25 heavy (non-hydrogen) atoms. The minimum absolute atomic E-state index is 0.000763. The fraction of sp³-hybridized carbons (Fsp3) is 0.833. The van der Waals surface area contributed by atoms with E-state index in [1.54, 1.807) is 4.90 Å². The van der Waals surface area contributed by atoms with Gasteiger partial charge < -0.3 is 25.1 Å². The van der Waals surface area contributed by atoms with Crippen LogP contribution in [-0.2, 0) is 14.3 Å². The maximum atomic E-state index is 11.8. The Bertz CT molecular complexity index is 450. The molecule has 7 heteroatoms. The van der Waals surface area contributed by atoms with E-state index in [1.807, 2.05) is 34.7 Å². The molecule has 2 N–H and O–H groups in total. The molecule has 0 aromatic rings. The maximum absolute atomic E-state index is 11.8. The molecular weight excluding hydrogens is 322 g/mol. The number of ether oxygens (including phenoxy) is 1. The van der Waals surface area contributed by atoms with Crippen molar-refractivity contribution in [1.29, 1.82) is 0 Å². The molecule has 0 aromatic heterocycles. The minimum atomic E-state index is -0.507. The topological polar surface area (TPSA) is 87.7 Å². The van der Waals surface area contributed by atoms with Gasteiger partial charge >= 0.3 is 6.09 Å². The Morgan fingerprint density at radius 3 is 2.48 bits per heavy atom. The van der Waals surface area contributed by atoms with Crippen molar-refractivity contribution in [2.45, 2.75) is 89.6 Å². The fourth-order valence-electron chi connectivity index (χ4n) is 3.21. The Balaban J connectivity index is 2.42. The lowest BCUT2D eigenvalue weighted by Gasteiger charge is -2.28. The average Bonchev–Trinajstić information content (AvgIpc) is 2.90. The quantitative estimate of drug-likeness (QED) is 0.616. The molecule has 7 nitrogen and oxygen atoms in total. The first-order chi connectivity index (χ1) is 11.7. The Morgan fingerprint density at radius 2 is 1.96 bits per heavy atom. The third-order valence-corrected chi connectivity index (χ3v) is 4.56. The molecule has 0 aromatic carbocycles. The van der Waals surface area contributed by atoms with Gasteiger partial charge in [-0.1, -0.05) is 0 Å². The number of carbonyl (C=O) groups excluding carboxylic acids is 3. The van der Waals surface area contributed by atoms with Crippen LogP contribution in [0.25, 0.3) is 0 Å². The summed E-state index contributed by atoms with van der Waals surface area (Å²) in [5.74, 6) is 0. The molecule has 2 amide bonds. The predicted octanol–water partition coefficient (Wildman–Crippen LogP) is 1.85. The third-order valence-electron chi connectivity index (χ3n) is 4.56. The molecule has 1 fully saturated rings. The molecule has 1 rings (SSSR count). The van der Waals surface area contributed by atoms with E-state index in [9.17, 15) is 14.4 Å². The van der Waals surface area contributed by atoms with Crippen LogP contribution < -0.4 is 10.6 Å². The molecule has 144 valence electrons. The van der Waals surface area contributed by atoms with Crippen LogP contribution in [0.15, 0.2) is 0 Å². The van der Waals surface area contributed by atoms with Gasteiger partial charge in [0.05, 0.1) is 6.04 Å². The normalized spacial score (nSPS) is 23.0. The van der Waals surface area contributed by atoms with Crippen LogP contribution in [0.2, 0.25) is 0 Å². The molecule has 1 heterocycles. The van der Waals surface area contributed by atoms with Gasteiger partial charge in [-0.3, -0.25) is 4.79 Å². The molecule has 4 atom stereocenters. The number of carbonyl (C=O) groups is 3. The van der Waals surface area contributed by atoms with Crippen LogP contribution in [0, 0.1) is 0 Å². The summed E-state index contributed by atoms with van der Waals surface area (Å²) in [5, 5.41) is 6.12. The lowest BCUT2D eigenvalue weighted by atomic mass is 9.99. The highest BCUT2D eigenvalue weighted by Gasteiger charge is 2.33. The van der Waals surface area contributed by atoms with Gasteiger partial charge in [0, 0.05) is 18.1 Å². The zero-order valence-corrected chi connectivity index (χ0v) is 16.1. The number of hydrogen-bond acceptors (Lipinski definition) is 5. The van der Waals surface area contributed by atoms with Crippen molar-refractivity contribution in [2.75, 3.05) is 7.05 Å². The van der Waals surface area contributed by atoms with Gasteiger partial charge in [0.25, 0.3) is 0 Å². The summed E-state index contributed by atoms with van der Waals surface area (Å²) < 4.78 is 5.26. The van der Waals surface area contributed by atoms with E-state index in [0.717, 1.165) is 44.8 Å². The second-order valence-electron chi connectivity index (χ2n) is 7.83. The summed E-state index contributed by atoms with van der Waals surface area (Å²) in [5.41, 5.74) is -0.507. The second kappa shape index (κ2) is 9.75. The van der Waals surface area contributed by atoms with Crippen molar-refractivity contribution in [3.63, 3.8) is 0 Å². The SMILES string of the molecule is CNC(CCC(C)NC(=O)OC(C)(C)C)CC1CCC(C=O)N1C=O. The summed E-state index contributed by atoms with van der Waals surface area (Å²) in [6.45, 7) is 7.45. The first-order valence-electron chi connectivity index (χ1n) is 9.05. The number of likely N-dealkylation sites (tertiary alicyclic amines) is 1. The zero-order valence-electron chi connectivity index (χ0n) is 16.1. The third kappa shape index (κ3) is 7.42. The molecular formula is C18H33N3O4. The Morgan fingerprint density at radius 1 is 1.28 bits per heavy atom. The molecule has 1 saturated heterocycles. The van der Waals surface area contributed by atoms with Crippen LogP contribution in [0.3, 0.4) is 0 Å².